The van der Waals surface area contributed by atoms with Crippen LogP contribution in [0.4, 0.5) is 0 Å². The third-order valence-corrected chi connectivity index (χ3v) is 8.78. The number of nitrogens with zero attached hydrogens (tertiary/aromatic N) is 2. The smallest absolute Gasteiger partial charge is 0.328 e. The highest BCUT2D eigenvalue weighted by molar-refractivity contribution is 6.41. The highest BCUT2D eigenvalue weighted by Crippen LogP contribution is 2.35. The fraction of sp³-hybridized carbons (Fsp3) is 0.243. The van der Waals surface area contributed by atoms with Gasteiger partial charge in [0, 0.05) is 38.7 Å². The maximum Gasteiger partial charge on any atom is 0.328 e. The van der Waals surface area contributed by atoms with Gasteiger partial charge < -0.3 is 19.9 Å². The summed E-state index contributed by atoms with van der Waals surface area (Å²) in [6.07, 6.45) is 0.394. The van der Waals surface area contributed by atoms with Crippen LogP contribution in [0.15, 0.2) is 97.1 Å². The van der Waals surface area contributed by atoms with E-state index >= 15 is 0 Å². The molecule has 0 saturated heterocycles. The van der Waals surface area contributed by atoms with Crippen LogP contribution in [0.5, 0.6) is 0 Å². The van der Waals surface area contributed by atoms with E-state index in [9.17, 15) is 19.2 Å². The quantitative estimate of drug-likeness (QED) is 0.174. The van der Waals surface area contributed by atoms with Gasteiger partial charge >= 0.3 is 5.97 Å². The summed E-state index contributed by atoms with van der Waals surface area (Å²) in [4.78, 5) is 56.7. The molecule has 47 heavy (non-hydrogen) atoms. The van der Waals surface area contributed by atoms with Gasteiger partial charge in [-0.05, 0) is 41.2 Å². The average Bonchev–Trinajstić information content (AvgIpc) is 3.08. The van der Waals surface area contributed by atoms with Gasteiger partial charge in [-0.2, -0.15) is 0 Å². The zero-order chi connectivity index (χ0) is 33.3. The second kappa shape index (κ2) is 15.8. The molecule has 1 heterocycles. The number of benzene rings is 4. The molecule has 3 amide bonds. The standard InChI is InChI=1S/C37H35Cl2N3O5/c1-41(22-25-11-5-2-6-12-25)32(43)18-17-31(37(46)47-24-27-15-9-4-10-16-27)40-35(44)33-30(38)21-29-28(34(33)39)19-20-42(36(29)45)23-26-13-7-3-8-14-26/h2-16,21,31H,17-20,22-24H2,1H3,(H,40,44)/t31-/m0/s1. The number of hydrogen-bond acceptors (Lipinski definition) is 5. The van der Waals surface area contributed by atoms with Crippen LogP contribution in [-0.2, 0) is 40.4 Å². The number of nitrogens with one attached hydrogen (secondary N) is 1. The summed E-state index contributed by atoms with van der Waals surface area (Å²) >= 11 is 13.3. The lowest BCUT2D eigenvalue weighted by molar-refractivity contribution is -0.147. The van der Waals surface area contributed by atoms with Crippen molar-refractivity contribution in [1.82, 2.24) is 15.1 Å². The van der Waals surface area contributed by atoms with E-state index in [2.05, 4.69) is 5.32 Å². The minimum Gasteiger partial charge on any atom is -0.459 e. The van der Waals surface area contributed by atoms with Gasteiger partial charge in [-0.25, -0.2) is 4.79 Å². The molecule has 0 spiro atoms. The SMILES string of the molecule is CN(Cc1ccccc1)C(=O)CC[C@H](NC(=O)c1c(Cl)cc2c(c1Cl)CCN(Cc1ccccc1)C2=O)C(=O)OCc1ccccc1. The Morgan fingerprint density at radius 1 is 0.894 bits per heavy atom. The first kappa shape index (κ1) is 33.7. The normalized spacial score (nSPS) is 13.0. The van der Waals surface area contributed by atoms with Crippen LogP contribution in [0.2, 0.25) is 10.0 Å². The molecule has 0 unspecified atom stereocenters. The number of fused-ring (bicyclic) bond motifs is 1. The highest BCUT2D eigenvalue weighted by Gasteiger charge is 2.32. The van der Waals surface area contributed by atoms with E-state index < -0.39 is 17.9 Å². The van der Waals surface area contributed by atoms with E-state index in [1.165, 1.54) is 6.07 Å². The Bertz CT molecular complexity index is 1740. The number of carbonyl (C=O) groups excluding carboxylic acids is 4. The lowest BCUT2D eigenvalue weighted by Crippen LogP contribution is -2.43. The first-order valence-corrected chi connectivity index (χ1v) is 16.1. The fourth-order valence-corrected chi connectivity index (χ4v) is 6.21. The van der Waals surface area contributed by atoms with E-state index in [1.54, 1.807) is 16.8 Å². The van der Waals surface area contributed by atoms with Crippen molar-refractivity contribution in [3.8, 4) is 0 Å². The van der Waals surface area contributed by atoms with Crippen molar-refractivity contribution in [2.45, 2.75) is 45.0 Å². The van der Waals surface area contributed by atoms with Crippen LogP contribution in [0.1, 0.15) is 55.8 Å². The molecule has 10 heteroatoms. The summed E-state index contributed by atoms with van der Waals surface area (Å²) in [5.74, 6) is -1.83. The van der Waals surface area contributed by atoms with Gasteiger partial charge in [0.25, 0.3) is 11.8 Å². The van der Waals surface area contributed by atoms with E-state index in [0.717, 1.165) is 16.7 Å². The largest absolute Gasteiger partial charge is 0.459 e. The number of halogens is 2. The topological polar surface area (TPSA) is 96.0 Å². The third-order valence-electron chi connectivity index (χ3n) is 8.06. The molecular formula is C37H35Cl2N3O5. The van der Waals surface area contributed by atoms with Crippen LogP contribution in [-0.4, -0.2) is 53.1 Å². The summed E-state index contributed by atoms with van der Waals surface area (Å²) in [5.41, 5.74) is 3.56. The molecule has 0 bridgehead atoms. The second-order valence-electron chi connectivity index (χ2n) is 11.4. The Kier molecular flexibility index (Phi) is 11.3. The predicted octanol–water partition coefficient (Wildman–Crippen LogP) is 6.47. The Balaban J connectivity index is 1.31. The first-order chi connectivity index (χ1) is 22.7. The van der Waals surface area contributed by atoms with E-state index in [4.69, 9.17) is 27.9 Å². The molecule has 4 aromatic rings. The fourth-order valence-electron chi connectivity index (χ4n) is 5.49. The molecular weight excluding hydrogens is 637 g/mol. The lowest BCUT2D eigenvalue weighted by atomic mass is 9.95. The first-order valence-electron chi connectivity index (χ1n) is 15.3. The molecule has 1 N–H and O–H groups in total. The Morgan fingerprint density at radius 3 is 2.13 bits per heavy atom. The minimum absolute atomic E-state index is 0.00412. The van der Waals surface area contributed by atoms with E-state index in [-0.39, 0.29) is 46.9 Å². The molecule has 0 saturated carbocycles. The molecule has 5 rings (SSSR count). The molecule has 0 radical (unpaired) electrons. The van der Waals surface area contributed by atoms with Crippen molar-refractivity contribution >= 4 is 46.9 Å². The predicted molar refractivity (Wildman–Crippen MR) is 181 cm³/mol. The zero-order valence-electron chi connectivity index (χ0n) is 26.0. The van der Waals surface area contributed by atoms with Gasteiger partial charge in [-0.1, -0.05) is 114 Å². The lowest BCUT2D eigenvalue weighted by Gasteiger charge is -2.30. The van der Waals surface area contributed by atoms with Gasteiger partial charge in [0.1, 0.15) is 12.6 Å². The number of esters is 1. The molecule has 0 aromatic heterocycles. The molecule has 1 aliphatic rings. The van der Waals surface area contributed by atoms with Crippen LogP contribution < -0.4 is 5.32 Å². The summed E-state index contributed by atoms with van der Waals surface area (Å²) < 4.78 is 5.55. The van der Waals surface area contributed by atoms with Gasteiger partial charge in [0.15, 0.2) is 0 Å². The minimum atomic E-state index is -1.16. The average molecular weight is 673 g/mol. The van der Waals surface area contributed by atoms with Crippen molar-refractivity contribution in [3.05, 3.63) is 140 Å². The Labute approximate surface area is 284 Å². The summed E-state index contributed by atoms with van der Waals surface area (Å²) in [7, 11) is 1.69. The summed E-state index contributed by atoms with van der Waals surface area (Å²) in [6, 6.07) is 28.6. The van der Waals surface area contributed by atoms with E-state index in [1.807, 2.05) is 91.0 Å². The summed E-state index contributed by atoms with van der Waals surface area (Å²) in [5, 5.41) is 2.75. The van der Waals surface area contributed by atoms with Gasteiger partial charge in [-0.15, -0.1) is 0 Å². The van der Waals surface area contributed by atoms with Crippen LogP contribution in [0, 0.1) is 0 Å². The monoisotopic (exact) mass is 671 g/mol. The zero-order valence-corrected chi connectivity index (χ0v) is 27.5. The number of ether oxygens (including phenoxy) is 1. The molecule has 0 aliphatic carbocycles. The Morgan fingerprint density at radius 2 is 1.49 bits per heavy atom. The molecule has 242 valence electrons. The summed E-state index contributed by atoms with van der Waals surface area (Å²) in [6.45, 7) is 1.24. The van der Waals surface area contributed by atoms with Crippen LogP contribution in [0.25, 0.3) is 0 Å². The van der Waals surface area contributed by atoms with Crippen LogP contribution >= 0.6 is 23.2 Å². The maximum absolute atomic E-state index is 13.7. The maximum atomic E-state index is 13.7. The number of amides is 3. The highest BCUT2D eigenvalue weighted by atomic mass is 35.5. The Hall–Kier alpha value is -4.66. The molecule has 0 fully saturated rings. The van der Waals surface area contributed by atoms with Crippen LogP contribution in [0.3, 0.4) is 0 Å². The van der Waals surface area contributed by atoms with Crippen molar-refractivity contribution in [2.75, 3.05) is 13.6 Å². The molecule has 1 aliphatic heterocycles. The van der Waals surface area contributed by atoms with Gasteiger partial charge in [0.05, 0.1) is 15.6 Å². The molecule has 4 aromatic carbocycles. The van der Waals surface area contributed by atoms with E-state index in [0.29, 0.717) is 37.2 Å². The van der Waals surface area contributed by atoms with Crippen molar-refractivity contribution in [1.29, 1.82) is 0 Å². The van der Waals surface area contributed by atoms with Crippen molar-refractivity contribution in [3.63, 3.8) is 0 Å². The van der Waals surface area contributed by atoms with Gasteiger partial charge in [0.2, 0.25) is 5.91 Å². The van der Waals surface area contributed by atoms with Gasteiger partial charge in [-0.3, -0.25) is 14.4 Å². The second-order valence-corrected chi connectivity index (χ2v) is 12.2. The van der Waals surface area contributed by atoms with Crippen molar-refractivity contribution in [2.24, 2.45) is 0 Å². The molecule has 1 atom stereocenters. The third kappa shape index (κ3) is 8.58. The number of carbonyl (C=O) groups is 4. The number of rotatable bonds is 12. The molecule has 8 nitrogen and oxygen atoms in total. The van der Waals surface area contributed by atoms with Crippen molar-refractivity contribution < 1.29 is 23.9 Å². The number of hydrogen-bond donors (Lipinski definition) is 1.